The predicted octanol–water partition coefficient (Wildman–Crippen LogP) is 2.83. The Balaban J connectivity index is 1.30. The average Bonchev–Trinajstić information content (AvgIpc) is 3.21. The lowest BCUT2D eigenvalue weighted by Crippen LogP contribution is -2.27. The van der Waals surface area contributed by atoms with Gasteiger partial charge >= 0.3 is 0 Å². The van der Waals surface area contributed by atoms with Gasteiger partial charge in [-0.05, 0) is 57.7 Å². The molecule has 2 aromatic rings. The normalized spacial score (nSPS) is 25.8. The number of aromatic nitrogens is 3. The van der Waals surface area contributed by atoms with E-state index in [0.717, 1.165) is 30.6 Å². The topological polar surface area (TPSA) is 48.1 Å². The third-order valence-corrected chi connectivity index (χ3v) is 6.30. The van der Waals surface area contributed by atoms with Gasteiger partial charge in [-0.1, -0.05) is 0 Å². The van der Waals surface area contributed by atoms with Gasteiger partial charge in [0, 0.05) is 37.3 Å². The van der Waals surface area contributed by atoms with Crippen molar-refractivity contribution in [2.24, 2.45) is 11.8 Å². The van der Waals surface area contributed by atoms with E-state index in [0.29, 0.717) is 0 Å². The lowest BCUT2D eigenvalue weighted by molar-refractivity contribution is 0.246. The predicted molar refractivity (Wildman–Crippen MR) is 96.9 cm³/mol. The van der Waals surface area contributed by atoms with Crippen molar-refractivity contribution in [2.75, 3.05) is 26.2 Å². The Hall–Kier alpha value is -1.24. The fraction of sp³-hybridized carbons (Fsp3) is 0.667. The molecule has 0 amide bonds. The van der Waals surface area contributed by atoms with Gasteiger partial charge in [-0.25, -0.2) is 4.98 Å². The molecule has 0 unspecified atom stereocenters. The number of thiazole rings is 1. The molecule has 0 aromatic carbocycles. The summed E-state index contributed by atoms with van der Waals surface area (Å²) in [4.78, 5) is 9.83. The van der Waals surface area contributed by atoms with E-state index in [4.69, 9.17) is 0 Å². The average molecular weight is 346 g/mol. The van der Waals surface area contributed by atoms with Crippen LogP contribution in [0.5, 0.6) is 0 Å². The SMILES string of the molecule is Cc1cc(CN2C[C@H]3CCN(Cc4csc(C)n4)CC[C@H]3C2)n[nH]1. The molecule has 0 spiro atoms. The molecule has 0 saturated carbocycles. The number of hydrogen-bond acceptors (Lipinski definition) is 5. The van der Waals surface area contributed by atoms with Gasteiger partial charge in [-0.2, -0.15) is 5.10 Å². The maximum absolute atomic E-state index is 4.63. The molecule has 4 rings (SSSR count). The Morgan fingerprint density at radius 2 is 1.79 bits per heavy atom. The van der Waals surface area contributed by atoms with Gasteiger partial charge in [0.25, 0.3) is 0 Å². The number of H-pyrrole nitrogens is 1. The largest absolute Gasteiger partial charge is 0.297 e. The second-order valence-electron chi connectivity index (χ2n) is 7.47. The van der Waals surface area contributed by atoms with Crippen LogP contribution in [-0.2, 0) is 13.1 Å². The van der Waals surface area contributed by atoms with Crippen molar-refractivity contribution in [3.8, 4) is 0 Å². The van der Waals surface area contributed by atoms with E-state index in [2.05, 4.69) is 50.3 Å². The van der Waals surface area contributed by atoms with Crippen LogP contribution in [0, 0.1) is 25.7 Å². The Kier molecular flexibility index (Phi) is 4.70. The van der Waals surface area contributed by atoms with Crippen molar-refractivity contribution in [3.05, 3.63) is 33.5 Å². The molecular weight excluding hydrogens is 318 g/mol. The Labute approximate surface area is 148 Å². The minimum Gasteiger partial charge on any atom is -0.297 e. The summed E-state index contributed by atoms with van der Waals surface area (Å²) in [5.74, 6) is 1.71. The molecule has 4 heterocycles. The lowest BCUT2D eigenvalue weighted by atomic mass is 9.92. The van der Waals surface area contributed by atoms with Crippen molar-refractivity contribution < 1.29 is 0 Å². The Morgan fingerprint density at radius 1 is 1.08 bits per heavy atom. The number of hydrogen-bond donors (Lipinski definition) is 1. The van der Waals surface area contributed by atoms with Crippen molar-refractivity contribution in [1.29, 1.82) is 0 Å². The van der Waals surface area contributed by atoms with Gasteiger partial charge in [0.2, 0.25) is 0 Å². The van der Waals surface area contributed by atoms with Crippen LogP contribution in [0.3, 0.4) is 0 Å². The molecule has 24 heavy (non-hydrogen) atoms. The van der Waals surface area contributed by atoms with Crippen molar-refractivity contribution >= 4 is 11.3 Å². The van der Waals surface area contributed by atoms with Gasteiger partial charge in [-0.3, -0.25) is 14.9 Å². The molecule has 0 radical (unpaired) electrons. The first-order chi connectivity index (χ1) is 11.7. The molecule has 0 aliphatic carbocycles. The summed E-state index contributed by atoms with van der Waals surface area (Å²) in [7, 11) is 0. The van der Waals surface area contributed by atoms with Crippen LogP contribution in [-0.4, -0.2) is 51.2 Å². The molecule has 6 heteroatoms. The zero-order valence-electron chi connectivity index (χ0n) is 14.7. The Bertz CT molecular complexity index is 622. The van der Waals surface area contributed by atoms with Crippen LogP contribution in [0.1, 0.15) is 34.9 Å². The molecule has 1 N–H and O–H groups in total. The zero-order valence-corrected chi connectivity index (χ0v) is 15.5. The summed E-state index contributed by atoms with van der Waals surface area (Å²) in [6.45, 7) is 11.1. The second-order valence-corrected chi connectivity index (χ2v) is 8.53. The molecule has 2 aromatic heterocycles. The highest BCUT2D eigenvalue weighted by atomic mass is 32.1. The van der Waals surface area contributed by atoms with Crippen molar-refractivity contribution in [2.45, 2.75) is 39.8 Å². The first-order valence-electron chi connectivity index (χ1n) is 9.02. The summed E-state index contributed by atoms with van der Waals surface area (Å²) in [5, 5.41) is 10.9. The molecule has 2 fully saturated rings. The van der Waals surface area contributed by atoms with E-state index in [9.17, 15) is 0 Å². The second kappa shape index (κ2) is 6.94. The van der Waals surface area contributed by atoms with Gasteiger partial charge < -0.3 is 0 Å². The van der Waals surface area contributed by atoms with Crippen LogP contribution >= 0.6 is 11.3 Å². The number of likely N-dealkylation sites (tertiary alicyclic amines) is 2. The number of fused-ring (bicyclic) bond motifs is 1. The first-order valence-corrected chi connectivity index (χ1v) is 9.90. The quantitative estimate of drug-likeness (QED) is 0.926. The summed E-state index contributed by atoms with van der Waals surface area (Å²) < 4.78 is 0. The standard InChI is InChI=1S/C18H27N5S/c1-13-7-17(21-20-13)10-23-8-15-3-5-22(6-4-16(15)9-23)11-18-12-24-14(2)19-18/h7,12,15-16H,3-6,8-11H2,1-2H3,(H,20,21)/t15-,16+. The van der Waals surface area contributed by atoms with Crippen molar-refractivity contribution in [1.82, 2.24) is 25.0 Å². The summed E-state index contributed by atoms with van der Waals surface area (Å²) in [6, 6.07) is 2.17. The number of nitrogens with one attached hydrogen (secondary N) is 1. The smallest absolute Gasteiger partial charge is 0.0897 e. The maximum atomic E-state index is 4.63. The van der Waals surface area contributed by atoms with Crippen LogP contribution < -0.4 is 0 Å². The highest BCUT2D eigenvalue weighted by molar-refractivity contribution is 7.09. The molecule has 2 aliphatic rings. The fourth-order valence-electron chi connectivity index (χ4n) is 4.28. The first kappa shape index (κ1) is 16.2. The molecular formula is C18H27N5S. The summed E-state index contributed by atoms with van der Waals surface area (Å²) in [6.07, 6.45) is 2.65. The van der Waals surface area contributed by atoms with E-state index >= 15 is 0 Å². The molecule has 2 aliphatic heterocycles. The Morgan fingerprint density at radius 3 is 2.38 bits per heavy atom. The van der Waals surface area contributed by atoms with Crippen LogP contribution in [0.25, 0.3) is 0 Å². The molecule has 2 saturated heterocycles. The number of aryl methyl sites for hydroxylation is 2. The minimum atomic E-state index is 0.854. The van der Waals surface area contributed by atoms with E-state index in [1.165, 1.54) is 55.4 Å². The molecule has 0 bridgehead atoms. The van der Waals surface area contributed by atoms with E-state index < -0.39 is 0 Å². The fourth-order valence-corrected chi connectivity index (χ4v) is 4.88. The highest BCUT2D eigenvalue weighted by Gasteiger charge is 2.34. The van der Waals surface area contributed by atoms with Crippen LogP contribution in [0.15, 0.2) is 11.4 Å². The number of aromatic amines is 1. The van der Waals surface area contributed by atoms with Gasteiger partial charge in [-0.15, -0.1) is 11.3 Å². The summed E-state index contributed by atoms with van der Waals surface area (Å²) >= 11 is 1.76. The van der Waals surface area contributed by atoms with Gasteiger partial charge in [0.05, 0.1) is 16.4 Å². The monoisotopic (exact) mass is 345 g/mol. The van der Waals surface area contributed by atoms with Gasteiger partial charge in [0.1, 0.15) is 0 Å². The van der Waals surface area contributed by atoms with Gasteiger partial charge in [0.15, 0.2) is 0 Å². The molecule has 5 nitrogen and oxygen atoms in total. The van der Waals surface area contributed by atoms with Crippen molar-refractivity contribution in [3.63, 3.8) is 0 Å². The van der Waals surface area contributed by atoms with E-state index in [1.54, 1.807) is 11.3 Å². The van der Waals surface area contributed by atoms with Crippen LogP contribution in [0.2, 0.25) is 0 Å². The molecule has 130 valence electrons. The third-order valence-electron chi connectivity index (χ3n) is 5.48. The maximum Gasteiger partial charge on any atom is 0.0897 e. The number of nitrogens with zero attached hydrogens (tertiary/aromatic N) is 4. The lowest BCUT2D eigenvalue weighted by Gasteiger charge is -2.20. The third kappa shape index (κ3) is 3.71. The van der Waals surface area contributed by atoms with E-state index in [-0.39, 0.29) is 0 Å². The zero-order chi connectivity index (χ0) is 16.5. The van der Waals surface area contributed by atoms with E-state index in [1.807, 2.05) is 0 Å². The number of rotatable bonds is 4. The van der Waals surface area contributed by atoms with Crippen LogP contribution in [0.4, 0.5) is 0 Å². The minimum absolute atomic E-state index is 0.854. The molecule has 2 atom stereocenters. The highest BCUT2D eigenvalue weighted by Crippen LogP contribution is 2.32. The summed E-state index contributed by atoms with van der Waals surface area (Å²) in [5.41, 5.74) is 3.59.